The van der Waals surface area contributed by atoms with E-state index in [9.17, 15) is 0 Å². The molecule has 0 aliphatic rings. The molecule has 0 aromatic rings. The Morgan fingerprint density at radius 1 is 0.900 bits per heavy atom. The van der Waals surface area contributed by atoms with Crippen molar-refractivity contribution in [1.82, 2.24) is 0 Å². The van der Waals surface area contributed by atoms with E-state index in [0.717, 1.165) is 0 Å². The van der Waals surface area contributed by atoms with Crippen LogP contribution in [0.25, 0.3) is 0 Å². The SMILES string of the molecule is Br.CCC[CH2][Sn][CH2]CCC. The Labute approximate surface area is 86.2 Å². The normalized spacial score (nSPS) is 9.00. The Hall–Kier alpha value is 1.28. The summed E-state index contributed by atoms with van der Waals surface area (Å²) in [6.07, 6.45) is 5.84. The second kappa shape index (κ2) is 12.9. The van der Waals surface area contributed by atoms with E-state index in [1.807, 2.05) is 0 Å². The van der Waals surface area contributed by atoms with Crippen molar-refractivity contribution in [3.63, 3.8) is 0 Å². The summed E-state index contributed by atoms with van der Waals surface area (Å²) in [4.78, 5) is 0. The number of halogens is 1. The fraction of sp³-hybridized carbons (Fsp3) is 1.00. The molecule has 0 aromatic heterocycles. The molecule has 10 heavy (non-hydrogen) atoms. The van der Waals surface area contributed by atoms with E-state index >= 15 is 0 Å². The molecule has 0 amide bonds. The van der Waals surface area contributed by atoms with Gasteiger partial charge in [-0.05, 0) is 0 Å². The van der Waals surface area contributed by atoms with Crippen LogP contribution in [0.4, 0.5) is 0 Å². The first-order valence-electron chi connectivity index (χ1n) is 4.12. The maximum atomic E-state index is 2.29. The van der Waals surface area contributed by atoms with E-state index in [1.54, 1.807) is 8.87 Å². The zero-order chi connectivity index (χ0) is 6.95. The zero-order valence-electron chi connectivity index (χ0n) is 7.15. The Balaban J connectivity index is 0. The monoisotopic (exact) mass is 314 g/mol. The van der Waals surface area contributed by atoms with Crippen LogP contribution in [-0.4, -0.2) is 21.1 Å². The van der Waals surface area contributed by atoms with Crippen LogP contribution in [0.15, 0.2) is 0 Å². The summed E-state index contributed by atoms with van der Waals surface area (Å²) >= 11 is 0.149. The van der Waals surface area contributed by atoms with Crippen molar-refractivity contribution >= 4 is 38.1 Å². The Morgan fingerprint density at radius 3 is 1.60 bits per heavy atom. The molecular formula is C8H19BrSn. The fourth-order valence-corrected chi connectivity index (χ4v) is 4.89. The summed E-state index contributed by atoms with van der Waals surface area (Å²) in [7, 11) is 0. The molecule has 0 nitrogen and oxygen atoms in total. The molecular weight excluding hydrogens is 295 g/mol. The third-order valence-corrected chi connectivity index (χ3v) is 5.45. The molecule has 0 unspecified atom stereocenters. The van der Waals surface area contributed by atoms with Gasteiger partial charge in [0.25, 0.3) is 0 Å². The summed E-state index contributed by atoms with van der Waals surface area (Å²) < 4.78 is 3.25. The minimum absolute atomic E-state index is 0. The Bertz CT molecular complexity index is 42.5. The first-order valence-corrected chi connectivity index (χ1v) is 8.16. The van der Waals surface area contributed by atoms with Crippen molar-refractivity contribution in [2.75, 3.05) is 0 Å². The molecule has 0 N–H and O–H groups in total. The first-order chi connectivity index (χ1) is 4.41. The molecule has 0 aromatic carbocycles. The van der Waals surface area contributed by atoms with Gasteiger partial charge in [0.15, 0.2) is 0 Å². The summed E-state index contributed by atoms with van der Waals surface area (Å²) in [6, 6.07) is 0. The molecule has 0 atom stereocenters. The first kappa shape index (κ1) is 13.8. The molecule has 0 rings (SSSR count). The van der Waals surface area contributed by atoms with Crippen LogP contribution in [0.2, 0.25) is 8.87 Å². The van der Waals surface area contributed by atoms with Crippen LogP contribution >= 0.6 is 17.0 Å². The summed E-state index contributed by atoms with van der Waals surface area (Å²) in [5.74, 6) is 0. The van der Waals surface area contributed by atoms with E-state index in [4.69, 9.17) is 0 Å². The van der Waals surface area contributed by atoms with Crippen molar-refractivity contribution < 1.29 is 0 Å². The molecule has 0 fully saturated rings. The van der Waals surface area contributed by atoms with Crippen LogP contribution in [-0.2, 0) is 0 Å². The minimum atomic E-state index is 0. The van der Waals surface area contributed by atoms with E-state index in [-0.39, 0.29) is 38.1 Å². The van der Waals surface area contributed by atoms with Gasteiger partial charge in [0.05, 0.1) is 0 Å². The molecule has 0 bridgehead atoms. The van der Waals surface area contributed by atoms with Gasteiger partial charge in [0, 0.05) is 0 Å². The van der Waals surface area contributed by atoms with Crippen molar-refractivity contribution in [3.8, 4) is 0 Å². The number of rotatable bonds is 6. The fourth-order valence-electron chi connectivity index (χ4n) is 0.729. The molecule has 0 heterocycles. The summed E-state index contributed by atoms with van der Waals surface area (Å²) in [6.45, 7) is 4.58. The molecule has 0 aliphatic heterocycles. The Kier molecular flexibility index (Phi) is 17.9. The average molecular weight is 314 g/mol. The molecule has 2 heteroatoms. The molecule has 2 radical (unpaired) electrons. The zero-order valence-corrected chi connectivity index (χ0v) is 11.7. The number of hydrogen-bond acceptors (Lipinski definition) is 0. The molecule has 0 aliphatic carbocycles. The van der Waals surface area contributed by atoms with Gasteiger partial charge in [-0.25, -0.2) is 0 Å². The molecule has 0 spiro atoms. The predicted octanol–water partition coefficient (Wildman–Crippen LogP) is 3.71. The third-order valence-electron chi connectivity index (χ3n) is 1.41. The van der Waals surface area contributed by atoms with E-state index in [2.05, 4.69) is 13.8 Å². The van der Waals surface area contributed by atoms with E-state index < -0.39 is 0 Å². The van der Waals surface area contributed by atoms with Gasteiger partial charge in [0.2, 0.25) is 0 Å². The van der Waals surface area contributed by atoms with Crippen molar-refractivity contribution in [3.05, 3.63) is 0 Å². The topological polar surface area (TPSA) is 0 Å². The van der Waals surface area contributed by atoms with Crippen LogP contribution in [0.1, 0.15) is 39.5 Å². The Morgan fingerprint density at radius 2 is 1.30 bits per heavy atom. The summed E-state index contributed by atoms with van der Waals surface area (Å²) in [5, 5.41) is 0. The van der Waals surface area contributed by atoms with Crippen LogP contribution < -0.4 is 0 Å². The second-order valence-corrected chi connectivity index (χ2v) is 6.74. The van der Waals surface area contributed by atoms with Gasteiger partial charge in [-0.3, -0.25) is 0 Å². The third kappa shape index (κ3) is 12.0. The van der Waals surface area contributed by atoms with Crippen LogP contribution in [0, 0.1) is 0 Å². The molecule has 0 saturated heterocycles. The average Bonchev–Trinajstić information content (AvgIpc) is 1.89. The molecule has 0 saturated carbocycles. The second-order valence-electron chi connectivity index (χ2n) is 2.46. The van der Waals surface area contributed by atoms with Crippen LogP contribution in [0.5, 0.6) is 0 Å². The number of unbranched alkanes of at least 4 members (excludes halogenated alkanes) is 2. The standard InChI is InChI=1S/2C4H9.BrH.Sn/c2*1-3-4-2;;/h2*1,3-4H2,2H3;1H;. The van der Waals surface area contributed by atoms with Gasteiger partial charge in [-0.2, -0.15) is 0 Å². The summed E-state index contributed by atoms with van der Waals surface area (Å²) in [5.41, 5.74) is 0. The van der Waals surface area contributed by atoms with Crippen molar-refractivity contribution in [2.24, 2.45) is 0 Å². The number of hydrogen-bond donors (Lipinski definition) is 0. The van der Waals surface area contributed by atoms with Gasteiger partial charge < -0.3 is 0 Å². The van der Waals surface area contributed by atoms with Gasteiger partial charge >= 0.3 is 69.5 Å². The molecule has 62 valence electrons. The van der Waals surface area contributed by atoms with Gasteiger partial charge in [-0.1, -0.05) is 0 Å². The van der Waals surface area contributed by atoms with Crippen molar-refractivity contribution in [2.45, 2.75) is 48.4 Å². The van der Waals surface area contributed by atoms with Crippen LogP contribution in [0.3, 0.4) is 0 Å². The quantitative estimate of drug-likeness (QED) is 0.518. The van der Waals surface area contributed by atoms with Gasteiger partial charge in [-0.15, -0.1) is 17.0 Å². The van der Waals surface area contributed by atoms with Crippen molar-refractivity contribution in [1.29, 1.82) is 0 Å². The van der Waals surface area contributed by atoms with Gasteiger partial charge in [0.1, 0.15) is 0 Å². The van der Waals surface area contributed by atoms with E-state index in [1.165, 1.54) is 25.7 Å². The van der Waals surface area contributed by atoms with E-state index in [0.29, 0.717) is 0 Å². The maximum absolute atomic E-state index is 2.29. The predicted molar refractivity (Wildman–Crippen MR) is 55.5 cm³/mol.